The molecule has 1 saturated heterocycles. The molecule has 1 unspecified atom stereocenters. The summed E-state index contributed by atoms with van der Waals surface area (Å²) in [6.45, 7) is 1.54. The van der Waals surface area contributed by atoms with Crippen LogP contribution >= 0.6 is 7.82 Å². The predicted octanol–water partition coefficient (Wildman–Crippen LogP) is -0.731. The Morgan fingerprint density at radius 1 is 1.36 bits per heavy atom. The quantitative estimate of drug-likeness (QED) is 0.274. The van der Waals surface area contributed by atoms with Crippen molar-refractivity contribution < 1.29 is 47.9 Å². The molecule has 1 aromatic rings. The smallest absolute Gasteiger partial charge is 0.462 e. The largest absolute Gasteiger partial charge is 0.469 e. The Labute approximate surface area is 143 Å². The molecule has 1 aliphatic heterocycles. The fourth-order valence-electron chi connectivity index (χ4n) is 2.33. The second-order valence-electron chi connectivity index (χ2n) is 5.51. The zero-order valence-electron chi connectivity index (χ0n) is 13.5. The van der Waals surface area contributed by atoms with Gasteiger partial charge in [0, 0.05) is 6.07 Å². The Morgan fingerprint density at radius 2 is 2.08 bits per heavy atom. The SMILES string of the molecule is CCCOC(=O)c1ccc[n+]([C@@H]2O[C@H](COP(=O)(O)O)[C@H](O)C2O)c1. The number of carbonyl (C=O) groups excluding carboxylic acids is 1. The summed E-state index contributed by atoms with van der Waals surface area (Å²) in [6, 6.07) is 3.07. The molecule has 0 spiro atoms. The van der Waals surface area contributed by atoms with Gasteiger partial charge < -0.3 is 29.5 Å². The molecule has 10 nitrogen and oxygen atoms in total. The number of aliphatic hydroxyl groups excluding tert-OH is 2. The standard InChI is InChI=1S/C14H20NO9P/c1-2-6-22-14(18)9-4-3-5-15(7-9)13-12(17)11(16)10(24-13)8-23-25(19,20)21/h3-5,7,10-13,16-17H,2,6,8H2,1H3,(H-,19,20,21)/p+1/t10-,11+,12?,13-/m1/s1. The van der Waals surface area contributed by atoms with E-state index in [2.05, 4.69) is 4.52 Å². The third-order valence-electron chi connectivity index (χ3n) is 3.53. The number of phosphoric ester groups is 1. The number of nitrogens with zero attached hydrogens (tertiary/aromatic N) is 1. The van der Waals surface area contributed by atoms with Crippen molar-refractivity contribution in [2.75, 3.05) is 13.2 Å². The Hall–Kier alpha value is -1.39. The van der Waals surface area contributed by atoms with Crippen LogP contribution in [0.25, 0.3) is 0 Å². The summed E-state index contributed by atoms with van der Waals surface area (Å²) in [6.07, 6.45) is -1.41. The highest BCUT2D eigenvalue weighted by Gasteiger charge is 2.49. The number of hydrogen-bond acceptors (Lipinski definition) is 7. The Balaban J connectivity index is 2.10. The lowest BCUT2D eigenvalue weighted by Crippen LogP contribution is -2.46. The van der Waals surface area contributed by atoms with Crippen molar-refractivity contribution in [2.24, 2.45) is 0 Å². The highest BCUT2D eigenvalue weighted by atomic mass is 31.2. The molecule has 0 aliphatic carbocycles. The maximum Gasteiger partial charge on any atom is 0.469 e. The Kier molecular flexibility index (Phi) is 6.64. The highest BCUT2D eigenvalue weighted by molar-refractivity contribution is 7.46. The minimum Gasteiger partial charge on any atom is -0.462 e. The first-order valence-electron chi connectivity index (χ1n) is 7.62. The van der Waals surface area contributed by atoms with E-state index in [4.69, 9.17) is 19.3 Å². The molecule has 4 atom stereocenters. The van der Waals surface area contributed by atoms with Gasteiger partial charge in [-0.2, -0.15) is 4.57 Å². The summed E-state index contributed by atoms with van der Waals surface area (Å²) in [4.78, 5) is 29.3. The zero-order chi connectivity index (χ0) is 18.6. The number of aromatic nitrogens is 1. The van der Waals surface area contributed by atoms with Crippen molar-refractivity contribution in [3.63, 3.8) is 0 Å². The van der Waals surface area contributed by atoms with Crippen molar-refractivity contribution in [1.82, 2.24) is 0 Å². The number of rotatable bonds is 7. The van der Waals surface area contributed by atoms with Crippen molar-refractivity contribution in [3.05, 3.63) is 30.1 Å². The van der Waals surface area contributed by atoms with Gasteiger partial charge in [0.1, 0.15) is 17.8 Å². The van der Waals surface area contributed by atoms with E-state index in [1.54, 1.807) is 6.07 Å². The zero-order valence-corrected chi connectivity index (χ0v) is 14.4. The lowest BCUT2D eigenvalue weighted by molar-refractivity contribution is -0.765. The Morgan fingerprint density at radius 3 is 2.72 bits per heavy atom. The molecule has 0 radical (unpaired) electrons. The number of hydrogen-bond donors (Lipinski definition) is 4. The molecule has 0 amide bonds. The van der Waals surface area contributed by atoms with Crippen LogP contribution in [-0.4, -0.2) is 57.5 Å². The molecule has 0 aromatic carbocycles. The fourth-order valence-corrected chi connectivity index (χ4v) is 2.67. The maximum absolute atomic E-state index is 11.9. The molecule has 0 saturated carbocycles. The van der Waals surface area contributed by atoms with Gasteiger partial charge in [-0.3, -0.25) is 4.52 Å². The lowest BCUT2D eigenvalue weighted by atomic mass is 10.1. The van der Waals surface area contributed by atoms with Gasteiger partial charge in [-0.1, -0.05) is 6.92 Å². The summed E-state index contributed by atoms with van der Waals surface area (Å²) < 4.78 is 26.9. The van der Waals surface area contributed by atoms with E-state index in [1.807, 2.05) is 6.92 Å². The van der Waals surface area contributed by atoms with E-state index in [0.717, 1.165) is 0 Å². The van der Waals surface area contributed by atoms with Gasteiger partial charge in [-0.15, -0.1) is 0 Å². The van der Waals surface area contributed by atoms with Crippen molar-refractivity contribution in [2.45, 2.75) is 37.9 Å². The van der Waals surface area contributed by atoms with E-state index in [-0.39, 0.29) is 12.2 Å². The highest BCUT2D eigenvalue weighted by Crippen LogP contribution is 2.37. The van der Waals surface area contributed by atoms with Crippen LogP contribution in [0.2, 0.25) is 0 Å². The van der Waals surface area contributed by atoms with Crippen LogP contribution in [0, 0.1) is 0 Å². The molecule has 1 aromatic heterocycles. The first kappa shape index (κ1) is 19.9. The van der Waals surface area contributed by atoms with E-state index in [0.29, 0.717) is 6.42 Å². The molecule has 1 fully saturated rings. The summed E-state index contributed by atoms with van der Waals surface area (Å²) in [5.41, 5.74) is 0.233. The molecule has 25 heavy (non-hydrogen) atoms. The predicted molar refractivity (Wildman–Crippen MR) is 81.1 cm³/mol. The topological polar surface area (TPSA) is 147 Å². The number of ether oxygens (including phenoxy) is 2. The third kappa shape index (κ3) is 5.29. The monoisotopic (exact) mass is 378 g/mol. The van der Waals surface area contributed by atoms with Crippen molar-refractivity contribution >= 4 is 13.8 Å². The summed E-state index contributed by atoms with van der Waals surface area (Å²) in [5.74, 6) is -0.536. The molecule has 2 heterocycles. The van der Waals surface area contributed by atoms with Crippen LogP contribution in [0.1, 0.15) is 29.9 Å². The van der Waals surface area contributed by atoms with E-state index >= 15 is 0 Å². The minimum absolute atomic E-state index is 0.233. The summed E-state index contributed by atoms with van der Waals surface area (Å²) in [5, 5.41) is 20.1. The van der Waals surface area contributed by atoms with Gasteiger partial charge in [0.15, 0.2) is 18.5 Å². The number of phosphoric acid groups is 1. The van der Waals surface area contributed by atoms with Crippen LogP contribution in [0.3, 0.4) is 0 Å². The normalized spacial score (nSPS) is 26.6. The van der Waals surface area contributed by atoms with Gasteiger partial charge in [-0.05, 0) is 12.5 Å². The molecule has 11 heteroatoms. The van der Waals surface area contributed by atoms with Crippen LogP contribution < -0.4 is 4.57 Å². The minimum atomic E-state index is -4.73. The van der Waals surface area contributed by atoms with Gasteiger partial charge in [0.2, 0.25) is 0 Å². The van der Waals surface area contributed by atoms with Crippen LogP contribution in [0.5, 0.6) is 0 Å². The van der Waals surface area contributed by atoms with Gasteiger partial charge in [-0.25, -0.2) is 9.36 Å². The Bertz CT molecular complexity index is 649. The average Bonchev–Trinajstić information content (AvgIpc) is 2.85. The molecule has 0 bridgehead atoms. The molecule has 140 valence electrons. The number of carbonyl (C=O) groups is 1. The first-order chi connectivity index (χ1) is 11.7. The van der Waals surface area contributed by atoms with E-state index in [9.17, 15) is 19.6 Å². The van der Waals surface area contributed by atoms with Crippen LogP contribution in [0.15, 0.2) is 24.5 Å². The van der Waals surface area contributed by atoms with Crippen molar-refractivity contribution in [3.8, 4) is 0 Å². The molecular weight excluding hydrogens is 357 g/mol. The summed E-state index contributed by atoms with van der Waals surface area (Å²) >= 11 is 0. The van der Waals surface area contributed by atoms with Gasteiger partial charge in [0.25, 0.3) is 6.23 Å². The van der Waals surface area contributed by atoms with E-state index < -0.39 is 44.9 Å². The maximum atomic E-state index is 11.9. The van der Waals surface area contributed by atoms with Crippen LogP contribution in [0.4, 0.5) is 0 Å². The van der Waals surface area contributed by atoms with Gasteiger partial charge in [0.05, 0.1) is 13.2 Å². The fraction of sp³-hybridized carbons (Fsp3) is 0.571. The molecule has 2 rings (SSSR count). The number of aliphatic hydroxyl groups is 2. The van der Waals surface area contributed by atoms with Crippen molar-refractivity contribution in [1.29, 1.82) is 0 Å². The third-order valence-corrected chi connectivity index (χ3v) is 4.02. The average molecular weight is 378 g/mol. The number of esters is 1. The molecular formula is C14H21NO9P+. The van der Waals surface area contributed by atoms with E-state index in [1.165, 1.54) is 23.0 Å². The second-order valence-corrected chi connectivity index (χ2v) is 6.75. The second kappa shape index (κ2) is 8.33. The van der Waals surface area contributed by atoms with Gasteiger partial charge >= 0.3 is 13.8 Å². The summed E-state index contributed by atoms with van der Waals surface area (Å²) in [7, 11) is -4.73. The number of pyridine rings is 1. The molecule has 1 aliphatic rings. The molecule has 4 N–H and O–H groups in total. The first-order valence-corrected chi connectivity index (χ1v) is 9.15. The van der Waals surface area contributed by atoms with Crippen LogP contribution in [-0.2, 0) is 18.6 Å². The lowest BCUT2D eigenvalue weighted by Gasteiger charge is -2.13.